The highest BCUT2D eigenvalue weighted by Crippen LogP contribution is 2.33. The van der Waals surface area contributed by atoms with Gasteiger partial charge < -0.3 is 5.32 Å². The van der Waals surface area contributed by atoms with Gasteiger partial charge in [-0.3, -0.25) is 4.98 Å². The zero-order valence-corrected chi connectivity index (χ0v) is 13.8. The maximum absolute atomic E-state index is 14.1. The summed E-state index contributed by atoms with van der Waals surface area (Å²) < 4.78 is 51.3. The zero-order chi connectivity index (χ0) is 17.7. The standard InChI is InChI=1S/C16H15F4N3S/c1-10-7-11(17)13(8-14(10)24-9-16(18,19)20)23-15(21-2)12-5-3-4-6-22-12/h3-8H,9H2,1-2H3,(H,21,23). The molecule has 0 aliphatic heterocycles. The quantitative estimate of drug-likeness (QED) is 0.379. The van der Waals surface area contributed by atoms with E-state index in [2.05, 4.69) is 15.3 Å². The number of aliphatic imine (C=N–C) groups is 1. The summed E-state index contributed by atoms with van der Waals surface area (Å²) in [4.78, 5) is 8.62. The van der Waals surface area contributed by atoms with Crippen LogP contribution in [0.1, 0.15) is 11.3 Å². The lowest BCUT2D eigenvalue weighted by Crippen LogP contribution is -2.20. The van der Waals surface area contributed by atoms with E-state index in [-0.39, 0.29) is 5.69 Å². The van der Waals surface area contributed by atoms with Crippen molar-refractivity contribution in [3.8, 4) is 0 Å². The minimum absolute atomic E-state index is 0.0414. The molecule has 128 valence electrons. The Hall–Kier alpha value is -2.09. The molecule has 0 unspecified atom stereocenters. The molecule has 24 heavy (non-hydrogen) atoms. The second kappa shape index (κ2) is 7.65. The second-order valence-corrected chi connectivity index (χ2v) is 5.92. The summed E-state index contributed by atoms with van der Waals surface area (Å²) in [6, 6.07) is 7.69. The number of hydrogen-bond acceptors (Lipinski definition) is 3. The Balaban J connectivity index is 2.37. The third-order valence-corrected chi connectivity index (χ3v) is 4.23. The summed E-state index contributed by atoms with van der Waals surface area (Å²) in [7, 11) is 1.61. The van der Waals surface area contributed by atoms with Crippen molar-refractivity contribution in [2.45, 2.75) is 18.0 Å². The predicted octanol–water partition coefficient (Wildman–Crippen LogP) is 4.48. The Labute approximate surface area is 141 Å². The molecule has 0 saturated carbocycles. The first kappa shape index (κ1) is 18.3. The monoisotopic (exact) mass is 357 g/mol. The molecule has 0 fully saturated rings. The van der Waals surface area contributed by atoms with Crippen molar-refractivity contribution in [2.75, 3.05) is 12.8 Å². The molecule has 0 aliphatic carbocycles. The van der Waals surface area contributed by atoms with Crippen LogP contribution in [0, 0.1) is 12.7 Å². The number of aromatic nitrogens is 1. The van der Waals surface area contributed by atoms with E-state index in [1.165, 1.54) is 12.1 Å². The average molecular weight is 357 g/mol. The first-order chi connectivity index (χ1) is 11.3. The van der Waals surface area contributed by atoms with E-state index >= 15 is 0 Å². The van der Waals surface area contributed by atoms with Crippen LogP contribution in [0.2, 0.25) is 0 Å². The highest BCUT2D eigenvalue weighted by atomic mass is 32.2. The number of thioether (sulfide) groups is 1. The number of benzene rings is 1. The maximum atomic E-state index is 14.1. The molecule has 0 spiro atoms. The lowest BCUT2D eigenvalue weighted by Gasteiger charge is -2.11. The number of rotatable bonds is 4. The summed E-state index contributed by atoms with van der Waals surface area (Å²) in [6.07, 6.45) is -2.72. The van der Waals surface area contributed by atoms with Gasteiger partial charge in [0.05, 0.1) is 5.75 Å². The van der Waals surface area contributed by atoms with Crippen LogP contribution < -0.4 is 5.32 Å². The lowest BCUT2D eigenvalue weighted by molar-refractivity contribution is -0.105. The van der Waals surface area contributed by atoms with E-state index in [0.29, 0.717) is 33.8 Å². The molecule has 2 aromatic rings. The van der Waals surface area contributed by atoms with Crippen LogP contribution in [0.5, 0.6) is 0 Å². The molecular weight excluding hydrogens is 342 g/mol. The molecule has 8 heteroatoms. The molecule has 3 nitrogen and oxygen atoms in total. The molecule has 1 heterocycles. The van der Waals surface area contributed by atoms with Crippen molar-refractivity contribution in [1.82, 2.24) is 10.3 Å². The third kappa shape index (κ3) is 4.95. The number of aryl methyl sites for hydroxylation is 1. The van der Waals surface area contributed by atoms with Gasteiger partial charge in [0.1, 0.15) is 17.2 Å². The summed E-state index contributed by atoms with van der Waals surface area (Å²) in [5.74, 6) is -1.32. The smallest absolute Gasteiger partial charge is 0.371 e. The van der Waals surface area contributed by atoms with Gasteiger partial charge in [0, 0.05) is 18.1 Å². The van der Waals surface area contributed by atoms with Gasteiger partial charge >= 0.3 is 6.18 Å². The molecule has 0 amide bonds. The Bertz CT molecular complexity index is 730. The van der Waals surface area contributed by atoms with Gasteiger partial charge in [-0.05, 0) is 36.8 Å². The number of pyridine rings is 1. The number of hydrogen-bond donors (Lipinski definition) is 1. The van der Waals surface area contributed by atoms with Gasteiger partial charge in [0.2, 0.25) is 0 Å². The maximum Gasteiger partial charge on any atom is 0.398 e. The topological polar surface area (TPSA) is 37.3 Å². The lowest BCUT2D eigenvalue weighted by atomic mass is 10.2. The van der Waals surface area contributed by atoms with Crippen LogP contribution >= 0.6 is 11.8 Å². The molecule has 1 aromatic carbocycles. The molecule has 1 aromatic heterocycles. The van der Waals surface area contributed by atoms with Crippen molar-refractivity contribution in [2.24, 2.45) is 4.99 Å². The molecule has 2 rings (SSSR count). The number of nitrogens with zero attached hydrogens (tertiary/aromatic N) is 2. The summed E-state index contributed by atoms with van der Waals surface area (Å²) in [5.41, 5.74) is 0.897. The van der Waals surface area contributed by atoms with Gasteiger partial charge in [-0.2, -0.15) is 13.2 Å². The van der Waals surface area contributed by atoms with Crippen molar-refractivity contribution in [3.63, 3.8) is 0 Å². The fourth-order valence-electron chi connectivity index (χ4n) is 1.91. The van der Waals surface area contributed by atoms with Crippen LogP contribution in [0.25, 0.3) is 0 Å². The van der Waals surface area contributed by atoms with E-state index in [4.69, 9.17) is 0 Å². The van der Waals surface area contributed by atoms with Gasteiger partial charge in [0.15, 0.2) is 5.84 Å². The van der Waals surface area contributed by atoms with Crippen molar-refractivity contribution in [1.29, 1.82) is 0 Å². The first-order valence-electron chi connectivity index (χ1n) is 6.97. The molecule has 0 saturated heterocycles. The van der Waals surface area contributed by atoms with Crippen LogP contribution in [0.4, 0.5) is 23.2 Å². The largest absolute Gasteiger partial charge is 0.398 e. The average Bonchev–Trinajstić information content (AvgIpc) is 2.53. The zero-order valence-electron chi connectivity index (χ0n) is 13.0. The Morgan fingerprint density at radius 1 is 1.29 bits per heavy atom. The van der Waals surface area contributed by atoms with E-state index in [1.54, 1.807) is 38.4 Å². The fraction of sp³-hybridized carbons (Fsp3) is 0.250. The van der Waals surface area contributed by atoms with Crippen LogP contribution in [-0.2, 0) is 0 Å². The van der Waals surface area contributed by atoms with Gasteiger partial charge in [-0.25, -0.2) is 9.38 Å². The number of nitrogens with one attached hydrogen (secondary N) is 1. The van der Waals surface area contributed by atoms with Crippen LogP contribution in [0.15, 0.2) is 46.4 Å². The normalized spacial score (nSPS) is 12.3. The minimum Gasteiger partial charge on any atom is -0.371 e. The molecule has 0 radical (unpaired) electrons. The van der Waals surface area contributed by atoms with Gasteiger partial charge in [-0.1, -0.05) is 6.07 Å². The summed E-state index contributed by atoms with van der Waals surface area (Å²) in [6.45, 7) is 1.56. The highest BCUT2D eigenvalue weighted by molar-refractivity contribution is 7.99. The first-order valence-corrected chi connectivity index (χ1v) is 7.96. The van der Waals surface area contributed by atoms with E-state index < -0.39 is 17.7 Å². The fourth-order valence-corrected chi connectivity index (χ4v) is 2.71. The molecule has 0 bridgehead atoms. The SMILES string of the molecule is CN/C(=N\c1cc(SCC(F)(F)F)c(C)cc1F)c1ccccn1. The predicted molar refractivity (Wildman–Crippen MR) is 87.4 cm³/mol. The van der Waals surface area contributed by atoms with Crippen molar-refractivity contribution < 1.29 is 17.6 Å². The third-order valence-electron chi connectivity index (χ3n) is 3.01. The number of halogens is 4. The van der Waals surface area contributed by atoms with Gasteiger partial charge in [0.25, 0.3) is 0 Å². The minimum atomic E-state index is -4.29. The molecular formula is C16H15F4N3S. The van der Waals surface area contributed by atoms with Gasteiger partial charge in [-0.15, -0.1) is 11.8 Å². The van der Waals surface area contributed by atoms with E-state index in [1.807, 2.05) is 0 Å². The Morgan fingerprint density at radius 3 is 2.62 bits per heavy atom. The molecule has 0 atom stereocenters. The molecule has 0 aliphatic rings. The summed E-state index contributed by atoms with van der Waals surface area (Å²) >= 11 is 0.610. The number of alkyl halides is 3. The Morgan fingerprint density at radius 2 is 2.04 bits per heavy atom. The van der Waals surface area contributed by atoms with Crippen molar-refractivity contribution >= 4 is 23.3 Å². The van der Waals surface area contributed by atoms with E-state index in [0.717, 1.165) is 0 Å². The number of amidine groups is 1. The van der Waals surface area contributed by atoms with Crippen LogP contribution in [-0.4, -0.2) is 29.8 Å². The van der Waals surface area contributed by atoms with E-state index in [9.17, 15) is 17.6 Å². The second-order valence-electron chi connectivity index (χ2n) is 4.90. The Kier molecular flexibility index (Phi) is 5.82. The molecule has 1 N–H and O–H groups in total. The highest BCUT2D eigenvalue weighted by Gasteiger charge is 2.27. The van der Waals surface area contributed by atoms with Crippen molar-refractivity contribution in [3.05, 3.63) is 53.6 Å². The van der Waals surface area contributed by atoms with Crippen LogP contribution in [0.3, 0.4) is 0 Å². The summed E-state index contributed by atoms with van der Waals surface area (Å²) in [5, 5.41) is 2.82.